The fourth-order valence-corrected chi connectivity index (χ4v) is 0.112. The van der Waals surface area contributed by atoms with Gasteiger partial charge < -0.3 is 0 Å². The monoisotopic (exact) mass is 72.1 g/mol. The van der Waals surface area contributed by atoms with Crippen molar-refractivity contribution >= 4 is 0 Å². The van der Waals surface area contributed by atoms with E-state index < -0.39 is 0 Å². The van der Waals surface area contributed by atoms with E-state index in [0.29, 0.717) is 5.09 Å². The minimum absolute atomic E-state index is 0.264. The Kier molecular flexibility index (Phi) is 0.134. The SMILES string of the molecule is [2H]c1nnn([2H])c1[2H]. The standard InChI is InChI=1S/C2H3N3/c1-2-4-5-3-1/h1-2H,(H,3,4,5)/i1D,2D/hD. The summed E-state index contributed by atoms with van der Waals surface area (Å²) in [6.45, 7) is 0. The van der Waals surface area contributed by atoms with Crippen LogP contribution in [0.2, 0.25) is 1.41 Å². The molecule has 1 rings (SSSR count). The van der Waals surface area contributed by atoms with E-state index in [-0.39, 0.29) is 12.3 Å². The van der Waals surface area contributed by atoms with Crippen LogP contribution in [0, 0.1) is 0 Å². The topological polar surface area (TPSA) is 41.6 Å². The molecule has 0 saturated carbocycles. The molecule has 0 atom stereocenters. The summed E-state index contributed by atoms with van der Waals surface area (Å²) in [4.78, 5) is 0. The highest BCUT2D eigenvalue weighted by molar-refractivity contribution is 4.54. The maximum Gasteiger partial charge on any atom is 0.191 e. The summed E-state index contributed by atoms with van der Waals surface area (Å²) in [7, 11) is 0. The maximum atomic E-state index is 6.79. The molecular formula is C2H3N3. The molecule has 3 nitrogen and oxygen atoms in total. The third-order valence-electron chi connectivity index (χ3n) is 0.239. The molecule has 0 aliphatic carbocycles. The molecule has 1 heterocycles. The first-order valence-electron chi connectivity index (χ1n) is 2.54. The van der Waals surface area contributed by atoms with E-state index in [1.54, 1.807) is 0 Å². The van der Waals surface area contributed by atoms with Crippen molar-refractivity contribution in [2.24, 2.45) is 0 Å². The summed E-state index contributed by atoms with van der Waals surface area (Å²) in [6.07, 6.45) is -0.551. The number of rotatable bonds is 0. The number of aromatic nitrogens is 3. The molecule has 0 amide bonds. The van der Waals surface area contributed by atoms with Gasteiger partial charge in [-0.3, -0.25) is 5.09 Å². The second-order valence-corrected chi connectivity index (χ2v) is 0.513. The Morgan fingerprint density at radius 3 is 3.40 bits per heavy atom. The van der Waals surface area contributed by atoms with E-state index in [4.69, 9.17) is 4.15 Å². The van der Waals surface area contributed by atoms with E-state index in [0.717, 1.165) is 0 Å². The molecule has 0 saturated heterocycles. The molecule has 5 heavy (non-hydrogen) atoms. The van der Waals surface area contributed by atoms with Crippen molar-refractivity contribution in [3.8, 4) is 0 Å². The van der Waals surface area contributed by atoms with Crippen LogP contribution >= 0.6 is 0 Å². The van der Waals surface area contributed by atoms with E-state index in [9.17, 15) is 0 Å². The first-order chi connectivity index (χ1) is 3.72. The van der Waals surface area contributed by atoms with Gasteiger partial charge >= 0.3 is 0 Å². The lowest BCUT2D eigenvalue weighted by atomic mass is 11.0. The molecule has 0 fully saturated rings. The summed E-state index contributed by atoms with van der Waals surface area (Å²) >= 11 is 0. The molecule has 1 aromatic heterocycles. The lowest BCUT2D eigenvalue weighted by molar-refractivity contribution is 0.940. The van der Waals surface area contributed by atoms with Crippen molar-refractivity contribution in [1.82, 2.24) is 15.4 Å². The van der Waals surface area contributed by atoms with Gasteiger partial charge in [0.1, 0.15) is 0 Å². The maximum absolute atomic E-state index is 6.79. The number of nitrogens with one attached hydrogen (secondary N) is 1. The second-order valence-electron chi connectivity index (χ2n) is 0.513. The summed E-state index contributed by atoms with van der Waals surface area (Å²) < 4.78 is 20.2. The van der Waals surface area contributed by atoms with Gasteiger partial charge in [0.25, 0.3) is 0 Å². The number of aromatic amines is 1. The first kappa shape index (κ1) is 0.801. The Bertz CT molecular complexity index is 175. The fourth-order valence-electron chi connectivity index (χ4n) is 0.112. The van der Waals surface area contributed by atoms with Crippen LogP contribution in [0.25, 0.3) is 0 Å². The highest BCUT2D eigenvalue weighted by Gasteiger charge is 1.57. The minimum Gasteiger partial charge on any atom is -0.266 e. The molecule has 0 radical (unpaired) electrons. The molecular weight excluding hydrogens is 66.0 g/mol. The smallest absolute Gasteiger partial charge is 0.191 e. The number of hydrogen-bond donors (Lipinski definition) is 1. The third-order valence-corrected chi connectivity index (χ3v) is 0.239. The Morgan fingerprint density at radius 1 is 2.20 bits per heavy atom. The van der Waals surface area contributed by atoms with Gasteiger partial charge in [0, 0.05) is 6.17 Å². The second kappa shape index (κ2) is 0.839. The summed E-state index contributed by atoms with van der Waals surface area (Å²) in [6, 6.07) is 0. The van der Waals surface area contributed by atoms with Crippen molar-refractivity contribution in [3.05, 3.63) is 12.3 Å². The molecule has 0 aliphatic rings. The minimum atomic E-state index is -0.287. The first-order valence-corrected chi connectivity index (χ1v) is 1.10. The van der Waals surface area contributed by atoms with Crippen LogP contribution < -0.4 is 0 Å². The van der Waals surface area contributed by atoms with Crippen LogP contribution in [-0.4, -0.2) is 15.4 Å². The zero-order chi connectivity index (χ0) is 6.15. The van der Waals surface area contributed by atoms with Crippen LogP contribution in [0.3, 0.4) is 0 Å². The summed E-state index contributed by atoms with van der Waals surface area (Å²) in [5, 5.41) is 6.68. The number of H-pyrrole nitrogens is 1. The Labute approximate surface area is 33.3 Å². The molecule has 3 heteroatoms. The van der Waals surface area contributed by atoms with Gasteiger partial charge in [0.15, 0.2) is 1.41 Å². The molecule has 1 aromatic rings. The number of hydrogen-bond acceptors (Lipinski definition) is 2. The van der Waals surface area contributed by atoms with Crippen molar-refractivity contribution in [3.63, 3.8) is 0 Å². The van der Waals surface area contributed by atoms with Gasteiger partial charge in [-0.25, -0.2) is 0 Å². The van der Waals surface area contributed by atoms with Crippen LogP contribution in [0.5, 0.6) is 0 Å². The Hall–Kier alpha value is -0.860. The molecule has 1 N–H and O–H groups in total. The van der Waals surface area contributed by atoms with Gasteiger partial charge in [-0.1, -0.05) is 5.21 Å². The quantitative estimate of drug-likeness (QED) is 0.461. The van der Waals surface area contributed by atoms with Crippen molar-refractivity contribution in [2.75, 3.05) is 0 Å². The van der Waals surface area contributed by atoms with E-state index in [2.05, 4.69) is 10.3 Å². The molecule has 0 bridgehead atoms. The molecule has 0 spiro atoms. The van der Waals surface area contributed by atoms with Crippen LogP contribution in [0.4, 0.5) is 0 Å². The summed E-state index contributed by atoms with van der Waals surface area (Å²) in [5.74, 6) is 0. The predicted molar refractivity (Wildman–Crippen MR) is 16.4 cm³/mol. The molecule has 0 aromatic carbocycles. The molecule has 26 valence electrons. The van der Waals surface area contributed by atoms with E-state index >= 15 is 0 Å². The third kappa shape index (κ3) is 0.238. The normalized spacial score (nSPS) is 16.4. The van der Waals surface area contributed by atoms with E-state index in [1.807, 2.05) is 0 Å². The van der Waals surface area contributed by atoms with Gasteiger partial charge in [-0.15, -0.1) is 5.10 Å². The van der Waals surface area contributed by atoms with Gasteiger partial charge in [-0.2, -0.15) is 0 Å². The zero-order valence-corrected chi connectivity index (χ0v) is 2.34. The predicted octanol–water partition coefficient (Wildman–Crippen LogP) is -0.195. The van der Waals surface area contributed by atoms with Crippen LogP contribution in [-0.2, 0) is 0 Å². The van der Waals surface area contributed by atoms with Crippen LogP contribution in [0.15, 0.2) is 12.3 Å². The number of nitrogens with zero attached hydrogens (tertiary/aromatic N) is 2. The highest BCUT2D eigenvalue weighted by atomic mass is 15.3. The molecule has 0 aliphatic heterocycles. The van der Waals surface area contributed by atoms with Crippen LogP contribution in [0.1, 0.15) is 2.74 Å². The lowest BCUT2D eigenvalue weighted by Gasteiger charge is -1.46. The highest BCUT2D eigenvalue weighted by Crippen LogP contribution is 1.55. The van der Waals surface area contributed by atoms with Gasteiger partial charge in [0.2, 0.25) is 0 Å². The largest absolute Gasteiger partial charge is 0.266 e. The fraction of sp³-hybridized carbons (Fsp3) is 0. The lowest BCUT2D eigenvalue weighted by Crippen LogP contribution is -1.61. The van der Waals surface area contributed by atoms with Crippen molar-refractivity contribution in [2.45, 2.75) is 0 Å². The van der Waals surface area contributed by atoms with E-state index in [1.165, 1.54) is 0 Å². The van der Waals surface area contributed by atoms with Crippen molar-refractivity contribution < 1.29 is 4.15 Å². The van der Waals surface area contributed by atoms with Crippen molar-refractivity contribution in [1.29, 1.82) is 0 Å². The Morgan fingerprint density at radius 2 is 3.20 bits per heavy atom. The van der Waals surface area contributed by atoms with Gasteiger partial charge in [-0.05, 0) is 0 Å². The zero-order valence-electron chi connectivity index (χ0n) is 5.34. The summed E-state index contributed by atoms with van der Waals surface area (Å²) in [5.41, 5.74) is 0. The van der Waals surface area contributed by atoms with Gasteiger partial charge in [0.05, 0.1) is 8.91 Å². The average Bonchev–Trinajstić information content (AvgIpc) is 1.98. The average molecular weight is 72.1 g/mol. The molecule has 0 unspecified atom stereocenters. The Balaban J connectivity index is 3.19.